The molecule has 0 radical (unpaired) electrons. The van der Waals surface area contributed by atoms with Crippen LogP contribution in [0.1, 0.15) is 22.9 Å². The number of nitrogens with zero attached hydrogens (tertiary/aromatic N) is 1. The van der Waals surface area contributed by atoms with Crippen molar-refractivity contribution in [2.24, 2.45) is 0 Å². The number of aryl methyl sites for hydroxylation is 1. The van der Waals surface area contributed by atoms with Gasteiger partial charge in [-0.3, -0.25) is 4.98 Å². The number of rotatable bonds is 3. The zero-order chi connectivity index (χ0) is 13.9. The molecule has 20 heavy (non-hydrogen) atoms. The molecule has 0 spiro atoms. The first kappa shape index (κ1) is 12.8. The summed E-state index contributed by atoms with van der Waals surface area (Å²) in [6.45, 7) is 1.93. The highest BCUT2D eigenvalue weighted by Gasteiger charge is 2.13. The molecule has 0 amide bonds. The van der Waals surface area contributed by atoms with E-state index in [0.717, 1.165) is 11.3 Å². The minimum Gasteiger partial charge on any atom is -0.388 e. The predicted octanol–water partition coefficient (Wildman–Crippen LogP) is 3.82. The fourth-order valence-corrected chi connectivity index (χ4v) is 2.64. The van der Waals surface area contributed by atoms with Gasteiger partial charge in [0.05, 0.1) is 6.10 Å². The number of pyridine rings is 1. The normalized spacial score (nSPS) is 12.5. The van der Waals surface area contributed by atoms with Crippen molar-refractivity contribution >= 4 is 10.8 Å². The van der Waals surface area contributed by atoms with Gasteiger partial charge in [-0.1, -0.05) is 48.5 Å². The molecule has 1 heterocycles. The highest BCUT2D eigenvalue weighted by Crippen LogP contribution is 2.25. The fourth-order valence-electron chi connectivity index (χ4n) is 2.64. The Morgan fingerprint density at radius 3 is 2.65 bits per heavy atom. The average Bonchev–Trinajstić information content (AvgIpc) is 2.48. The van der Waals surface area contributed by atoms with Gasteiger partial charge in [0.15, 0.2) is 0 Å². The number of aliphatic hydroxyl groups is 1. The van der Waals surface area contributed by atoms with E-state index >= 15 is 0 Å². The van der Waals surface area contributed by atoms with Crippen LogP contribution in [-0.4, -0.2) is 10.1 Å². The first-order chi connectivity index (χ1) is 9.75. The van der Waals surface area contributed by atoms with Crippen molar-refractivity contribution in [1.29, 1.82) is 0 Å². The molecule has 2 heteroatoms. The van der Waals surface area contributed by atoms with Gasteiger partial charge in [-0.25, -0.2) is 0 Å². The van der Waals surface area contributed by atoms with E-state index in [-0.39, 0.29) is 0 Å². The lowest BCUT2D eigenvalue weighted by Gasteiger charge is -2.14. The van der Waals surface area contributed by atoms with Gasteiger partial charge in [0.1, 0.15) is 0 Å². The van der Waals surface area contributed by atoms with Crippen LogP contribution in [0, 0.1) is 6.92 Å². The van der Waals surface area contributed by atoms with E-state index in [1.54, 1.807) is 6.20 Å². The zero-order valence-electron chi connectivity index (χ0n) is 11.5. The Morgan fingerprint density at radius 1 is 1.00 bits per heavy atom. The lowest BCUT2D eigenvalue weighted by Crippen LogP contribution is -2.05. The number of hydrogen-bond acceptors (Lipinski definition) is 2. The number of aliphatic hydroxyl groups excluding tert-OH is 1. The van der Waals surface area contributed by atoms with E-state index in [4.69, 9.17) is 0 Å². The Hall–Kier alpha value is -2.19. The molecule has 0 aliphatic rings. The molecule has 2 aromatic carbocycles. The number of hydrogen-bond donors (Lipinski definition) is 1. The maximum absolute atomic E-state index is 10.5. The molecule has 2 nitrogen and oxygen atoms in total. The maximum atomic E-state index is 10.5. The Morgan fingerprint density at radius 2 is 1.80 bits per heavy atom. The minimum absolute atomic E-state index is 0.519. The van der Waals surface area contributed by atoms with E-state index < -0.39 is 6.10 Å². The summed E-state index contributed by atoms with van der Waals surface area (Å²) in [7, 11) is 0. The molecule has 100 valence electrons. The fraction of sp³-hybridized carbons (Fsp3) is 0.167. The van der Waals surface area contributed by atoms with Crippen molar-refractivity contribution in [3.8, 4) is 0 Å². The Balaban J connectivity index is 1.96. The number of fused-ring (bicyclic) bond motifs is 1. The second-order valence-corrected chi connectivity index (χ2v) is 5.04. The zero-order valence-corrected chi connectivity index (χ0v) is 11.5. The molecule has 0 bridgehead atoms. The largest absolute Gasteiger partial charge is 0.388 e. The molecule has 0 aliphatic carbocycles. The highest BCUT2D eigenvalue weighted by atomic mass is 16.3. The van der Waals surface area contributed by atoms with Gasteiger partial charge in [0, 0.05) is 23.9 Å². The van der Waals surface area contributed by atoms with Crippen LogP contribution in [0.3, 0.4) is 0 Å². The van der Waals surface area contributed by atoms with Gasteiger partial charge in [-0.15, -0.1) is 0 Å². The summed E-state index contributed by atoms with van der Waals surface area (Å²) in [5.74, 6) is 0. The van der Waals surface area contributed by atoms with E-state index in [1.807, 2.05) is 37.3 Å². The molecule has 3 rings (SSSR count). The monoisotopic (exact) mass is 263 g/mol. The number of benzene rings is 2. The summed E-state index contributed by atoms with van der Waals surface area (Å²) < 4.78 is 0. The molecule has 0 fully saturated rings. The van der Waals surface area contributed by atoms with Crippen LogP contribution in [-0.2, 0) is 6.42 Å². The van der Waals surface area contributed by atoms with Crippen molar-refractivity contribution in [1.82, 2.24) is 4.98 Å². The summed E-state index contributed by atoms with van der Waals surface area (Å²) in [5, 5.41) is 12.9. The highest BCUT2D eigenvalue weighted by molar-refractivity contribution is 5.85. The summed E-state index contributed by atoms with van der Waals surface area (Å²) in [4.78, 5) is 4.24. The standard InChI is InChI=1S/C18H17NO/c1-13-16(10-5-11-19-13)18(20)12-15-8-4-7-14-6-2-3-9-17(14)15/h2-11,18,20H,12H2,1H3. The van der Waals surface area contributed by atoms with Crippen molar-refractivity contribution < 1.29 is 5.11 Å². The van der Waals surface area contributed by atoms with Gasteiger partial charge in [0.25, 0.3) is 0 Å². The molecular weight excluding hydrogens is 246 g/mol. The van der Waals surface area contributed by atoms with Crippen LogP contribution in [0.5, 0.6) is 0 Å². The summed E-state index contributed by atoms with van der Waals surface area (Å²) >= 11 is 0. The van der Waals surface area contributed by atoms with Crippen LogP contribution in [0.4, 0.5) is 0 Å². The second kappa shape index (κ2) is 5.43. The van der Waals surface area contributed by atoms with Crippen LogP contribution in [0.2, 0.25) is 0 Å². The van der Waals surface area contributed by atoms with Crippen LogP contribution >= 0.6 is 0 Å². The summed E-state index contributed by atoms with van der Waals surface area (Å²) in [5.41, 5.74) is 2.96. The molecule has 0 aliphatic heterocycles. The van der Waals surface area contributed by atoms with E-state index in [0.29, 0.717) is 6.42 Å². The van der Waals surface area contributed by atoms with Gasteiger partial charge in [-0.05, 0) is 29.3 Å². The third-order valence-corrected chi connectivity index (χ3v) is 3.70. The maximum Gasteiger partial charge on any atom is 0.0848 e. The van der Waals surface area contributed by atoms with Crippen molar-refractivity contribution in [2.45, 2.75) is 19.4 Å². The van der Waals surface area contributed by atoms with Crippen LogP contribution in [0.15, 0.2) is 60.8 Å². The minimum atomic E-state index is -0.519. The SMILES string of the molecule is Cc1ncccc1C(O)Cc1cccc2ccccc12. The van der Waals surface area contributed by atoms with E-state index in [1.165, 1.54) is 16.3 Å². The van der Waals surface area contributed by atoms with Crippen molar-refractivity contribution in [3.63, 3.8) is 0 Å². The summed E-state index contributed by atoms with van der Waals surface area (Å²) in [6.07, 6.45) is 1.84. The average molecular weight is 263 g/mol. The number of aromatic nitrogens is 1. The molecule has 1 atom stereocenters. The summed E-state index contributed by atoms with van der Waals surface area (Å²) in [6, 6.07) is 18.3. The van der Waals surface area contributed by atoms with Gasteiger partial charge in [-0.2, -0.15) is 0 Å². The van der Waals surface area contributed by atoms with Gasteiger partial charge >= 0.3 is 0 Å². The molecule has 1 N–H and O–H groups in total. The van der Waals surface area contributed by atoms with Crippen LogP contribution in [0.25, 0.3) is 10.8 Å². The lowest BCUT2D eigenvalue weighted by atomic mass is 9.96. The quantitative estimate of drug-likeness (QED) is 0.779. The third kappa shape index (κ3) is 2.43. The van der Waals surface area contributed by atoms with Crippen molar-refractivity contribution in [2.75, 3.05) is 0 Å². The molecule has 0 saturated carbocycles. The smallest absolute Gasteiger partial charge is 0.0848 e. The Kier molecular flexibility index (Phi) is 3.48. The predicted molar refractivity (Wildman–Crippen MR) is 81.6 cm³/mol. The van der Waals surface area contributed by atoms with E-state index in [2.05, 4.69) is 29.2 Å². The topological polar surface area (TPSA) is 33.1 Å². The first-order valence-electron chi connectivity index (χ1n) is 6.82. The van der Waals surface area contributed by atoms with E-state index in [9.17, 15) is 5.11 Å². The van der Waals surface area contributed by atoms with Gasteiger partial charge < -0.3 is 5.11 Å². The molecule has 0 saturated heterocycles. The molecule has 1 aromatic heterocycles. The Bertz CT molecular complexity index is 731. The van der Waals surface area contributed by atoms with Crippen molar-refractivity contribution in [3.05, 3.63) is 77.6 Å². The Labute approximate surface area is 118 Å². The molecule has 3 aromatic rings. The third-order valence-electron chi connectivity index (χ3n) is 3.70. The second-order valence-electron chi connectivity index (χ2n) is 5.04. The molecular formula is C18H17NO. The molecule has 1 unspecified atom stereocenters. The lowest BCUT2D eigenvalue weighted by molar-refractivity contribution is 0.177. The first-order valence-corrected chi connectivity index (χ1v) is 6.82. The van der Waals surface area contributed by atoms with Crippen LogP contribution < -0.4 is 0 Å². The van der Waals surface area contributed by atoms with Gasteiger partial charge in [0.2, 0.25) is 0 Å².